The maximum Gasteiger partial charge on any atom is 0.0601 e. The van der Waals surface area contributed by atoms with Crippen LogP contribution in [0, 0.1) is 5.92 Å². The molecular weight excluding hydrogens is 128 g/mol. The molecule has 1 aliphatic rings. The van der Waals surface area contributed by atoms with E-state index in [0.29, 0.717) is 12.0 Å². The molecule has 0 radical (unpaired) electrons. The minimum absolute atomic E-state index is 0.259. The fraction of sp³-hybridized carbons (Fsp3) is 1.00. The highest BCUT2D eigenvalue weighted by Crippen LogP contribution is 2.27. The average molecular weight is 144 g/mol. The summed E-state index contributed by atoms with van der Waals surface area (Å²) >= 11 is 0. The lowest BCUT2D eigenvalue weighted by atomic mass is 10.0. The average Bonchev–Trinajstić information content (AvgIpc) is 2.30. The van der Waals surface area contributed by atoms with E-state index in [4.69, 9.17) is 9.84 Å². The van der Waals surface area contributed by atoms with E-state index < -0.39 is 0 Å². The van der Waals surface area contributed by atoms with Gasteiger partial charge in [0, 0.05) is 12.5 Å². The molecule has 0 aromatic heterocycles. The lowest BCUT2D eigenvalue weighted by molar-refractivity contribution is 0.0370. The van der Waals surface area contributed by atoms with Gasteiger partial charge < -0.3 is 9.84 Å². The van der Waals surface area contributed by atoms with Gasteiger partial charge in [0.25, 0.3) is 0 Å². The van der Waals surface area contributed by atoms with Crippen molar-refractivity contribution in [2.45, 2.75) is 38.9 Å². The second-order valence-electron chi connectivity index (χ2n) is 3.05. The minimum atomic E-state index is 0.259. The molecule has 1 saturated heterocycles. The van der Waals surface area contributed by atoms with Gasteiger partial charge >= 0.3 is 0 Å². The summed E-state index contributed by atoms with van der Waals surface area (Å²) in [6, 6.07) is 0. The third-order valence-corrected chi connectivity index (χ3v) is 2.33. The van der Waals surface area contributed by atoms with Crippen molar-refractivity contribution in [3.63, 3.8) is 0 Å². The largest absolute Gasteiger partial charge is 0.396 e. The number of aliphatic hydroxyl groups excluding tert-OH is 1. The lowest BCUT2D eigenvalue weighted by Crippen LogP contribution is -2.14. The van der Waals surface area contributed by atoms with E-state index in [1.54, 1.807) is 0 Å². The van der Waals surface area contributed by atoms with Crippen LogP contribution in [0.15, 0.2) is 0 Å². The van der Waals surface area contributed by atoms with Crippen LogP contribution in [-0.4, -0.2) is 23.9 Å². The van der Waals surface area contributed by atoms with Crippen molar-refractivity contribution in [3.8, 4) is 0 Å². The van der Waals surface area contributed by atoms with E-state index >= 15 is 0 Å². The molecule has 2 nitrogen and oxygen atoms in total. The molecule has 1 rings (SSSR count). The van der Waals surface area contributed by atoms with Crippen LogP contribution in [0.5, 0.6) is 0 Å². The van der Waals surface area contributed by atoms with Gasteiger partial charge in [-0.25, -0.2) is 0 Å². The SMILES string of the molecule is CCC1CC(CO)C(C)O1. The van der Waals surface area contributed by atoms with Crippen molar-refractivity contribution in [3.05, 3.63) is 0 Å². The van der Waals surface area contributed by atoms with Crippen molar-refractivity contribution < 1.29 is 9.84 Å². The predicted octanol–water partition coefficient (Wildman–Crippen LogP) is 1.18. The lowest BCUT2D eigenvalue weighted by Gasteiger charge is -2.08. The zero-order valence-electron chi connectivity index (χ0n) is 6.71. The first kappa shape index (κ1) is 8.02. The highest BCUT2D eigenvalue weighted by molar-refractivity contribution is 4.78. The van der Waals surface area contributed by atoms with Gasteiger partial charge in [0.2, 0.25) is 0 Å². The Morgan fingerprint density at radius 1 is 1.60 bits per heavy atom. The summed E-state index contributed by atoms with van der Waals surface area (Å²) in [5.41, 5.74) is 0. The first-order chi connectivity index (χ1) is 4.77. The molecule has 1 heterocycles. The molecule has 1 N–H and O–H groups in total. The fourth-order valence-corrected chi connectivity index (χ4v) is 1.49. The molecule has 2 heteroatoms. The summed E-state index contributed by atoms with van der Waals surface area (Å²) < 4.78 is 5.55. The Balaban J connectivity index is 2.36. The van der Waals surface area contributed by atoms with E-state index in [1.807, 2.05) is 6.92 Å². The standard InChI is InChI=1S/C8H16O2/c1-3-8-4-7(5-9)6(2)10-8/h6-9H,3-5H2,1-2H3. The summed E-state index contributed by atoms with van der Waals surface area (Å²) in [6.07, 6.45) is 2.76. The number of ether oxygens (including phenoxy) is 1. The van der Waals surface area contributed by atoms with Crippen LogP contribution in [0.1, 0.15) is 26.7 Å². The molecule has 0 aromatic rings. The quantitative estimate of drug-likeness (QED) is 0.630. The van der Waals surface area contributed by atoms with E-state index in [-0.39, 0.29) is 12.7 Å². The molecule has 3 unspecified atom stereocenters. The molecule has 3 atom stereocenters. The van der Waals surface area contributed by atoms with Gasteiger partial charge in [0.15, 0.2) is 0 Å². The van der Waals surface area contributed by atoms with Crippen molar-refractivity contribution in [2.75, 3.05) is 6.61 Å². The van der Waals surface area contributed by atoms with Gasteiger partial charge in [-0.05, 0) is 19.8 Å². The molecule has 10 heavy (non-hydrogen) atoms. The molecule has 0 spiro atoms. The highest BCUT2D eigenvalue weighted by Gasteiger charge is 2.29. The molecule has 1 fully saturated rings. The van der Waals surface area contributed by atoms with Crippen LogP contribution >= 0.6 is 0 Å². The number of hydrogen-bond donors (Lipinski definition) is 1. The van der Waals surface area contributed by atoms with Crippen LogP contribution in [0.25, 0.3) is 0 Å². The van der Waals surface area contributed by atoms with Gasteiger partial charge in [-0.15, -0.1) is 0 Å². The Kier molecular flexibility index (Phi) is 2.69. The predicted molar refractivity (Wildman–Crippen MR) is 39.8 cm³/mol. The minimum Gasteiger partial charge on any atom is -0.396 e. The number of rotatable bonds is 2. The second kappa shape index (κ2) is 3.35. The normalized spacial score (nSPS) is 40.5. The summed E-state index contributed by atoms with van der Waals surface area (Å²) in [5, 5.41) is 8.87. The van der Waals surface area contributed by atoms with Crippen molar-refractivity contribution in [1.29, 1.82) is 0 Å². The maximum atomic E-state index is 8.87. The number of aliphatic hydroxyl groups is 1. The van der Waals surface area contributed by atoms with Gasteiger partial charge in [-0.1, -0.05) is 6.92 Å². The molecular formula is C8H16O2. The zero-order valence-corrected chi connectivity index (χ0v) is 6.71. The highest BCUT2D eigenvalue weighted by atomic mass is 16.5. The van der Waals surface area contributed by atoms with Crippen LogP contribution in [0.3, 0.4) is 0 Å². The molecule has 0 aromatic carbocycles. The number of hydrogen-bond acceptors (Lipinski definition) is 2. The molecule has 60 valence electrons. The van der Waals surface area contributed by atoms with Crippen molar-refractivity contribution in [2.24, 2.45) is 5.92 Å². The first-order valence-corrected chi connectivity index (χ1v) is 4.04. The topological polar surface area (TPSA) is 29.5 Å². The third kappa shape index (κ3) is 1.50. The summed E-state index contributed by atoms with van der Waals surface area (Å²) in [4.78, 5) is 0. The van der Waals surface area contributed by atoms with Gasteiger partial charge in [-0.3, -0.25) is 0 Å². The zero-order chi connectivity index (χ0) is 7.56. The molecule has 1 aliphatic heterocycles. The Morgan fingerprint density at radius 2 is 2.30 bits per heavy atom. The van der Waals surface area contributed by atoms with Gasteiger partial charge in [0.1, 0.15) is 0 Å². The molecule has 0 bridgehead atoms. The first-order valence-electron chi connectivity index (χ1n) is 4.04. The van der Waals surface area contributed by atoms with E-state index in [0.717, 1.165) is 12.8 Å². The smallest absolute Gasteiger partial charge is 0.0601 e. The Bertz CT molecular complexity index is 103. The second-order valence-corrected chi connectivity index (χ2v) is 3.05. The van der Waals surface area contributed by atoms with Gasteiger partial charge in [-0.2, -0.15) is 0 Å². The van der Waals surface area contributed by atoms with Crippen molar-refractivity contribution >= 4 is 0 Å². The molecule has 0 saturated carbocycles. The molecule has 0 amide bonds. The fourth-order valence-electron chi connectivity index (χ4n) is 1.49. The Hall–Kier alpha value is -0.0800. The maximum absolute atomic E-state index is 8.87. The summed E-state index contributed by atoms with van der Waals surface area (Å²) in [5.74, 6) is 0.380. The van der Waals surface area contributed by atoms with Crippen LogP contribution < -0.4 is 0 Å². The third-order valence-electron chi connectivity index (χ3n) is 2.33. The van der Waals surface area contributed by atoms with Crippen LogP contribution in [-0.2, 0) is 4.74 Å². The summed E-state index contributed by atoms with van der Waals surface area (Å²) in [7, 11) is 0. The van der Waals surface area contributed by atoms with E-state index in [1.165, 1.54) is 0 Å². The van der Waals surface area contributed by atoms with Crippen LogP contribution in [0.4, 0.5) is 0 Å². The molecule has 0 aliphatic carbocycles. The Morgan fingerprint density at radius 3 is 2.60 bits per heavy atom. The van der Waals surface area contributed by atoms with E-state index in [2.05, 4.69) is 6.92 Å². The summed E-state index contributed by atoms with van der Waals surface area (Å²) in [6.45, 7) is 4.44. The van der Waals surface area contributed by atoms with Gasteiger partial charge in [0.05, 0.1) is 12.2 Å². The Labute approximate surface area is 62.2 Å². The van der Waals surface area contributed by atoms with Crippen LogP contribution in [0.2, 0.25) is 0 Å². The van der Waals surface area contributed by atoms with E-state index in [9.17, 15) is 0 Å². The van der Waals surface area contributed by atoms with Crippen molar-refractivity contribution in [1.82, 2.24) is 0 Å². The monoisotopic (exact) mass is 144 g/mol.